The molecule has 36 heavy (non-hydrogen) atoms. The number of hydrogen-bond donors (Lipinski definition) is 3. The lowest BCUT2D eigenvalue weighted by molar-refractivity contribution is -0.167. The number of ketones is 1. The maximum Gasteiger partial charge on any atom is 0.288 e. The summed E-state index contributed by atoms with van der Waals surface area (Å²) >= 11 is 5.81. The number of carbonyl (C=O) groups excluding carboxylic acids is 4. The average molecular weight is 525 g/mol. The zero-order valence-corrected chi connectivity index (χ0v) is 20.2. The van der Waals surface area contributed by atoms with Gasteiger partial charge in [-0.25, -0.2) is 13.2 Å². The first-order valence-electron chi connectivity index (χ1n) is 11.6. The molecule has 2 aliphatic carbocycles. The average Bonchev–Trinajstić information content (AvgIpc) is 3.36. The molecule has 2 aliphatic heterocycles. The van der Waals surface area contributed by atoms with Crippen LogP contribution >= 0.6 is 11.6 Å². The Bertz CT molecular complexity index is 1230. The van der Waals surface area contributed by atoms with Crippen molar-refractivity contribution in [2.45, 2.75) is 43.7 Å². The molecule has 1 saturated heterocycles. The summed E-state index contributed by atoms with van der Waals surface area (Å²) in [6.45, 7) is 2.13. The molecule has 8 nitrogen and oxygen atoms in total. The van der Waals surface area contributed by atoms with Crippen molar-refractivity contribution in [2.75, 3.05) is 18.9 Å². The van der Waals surface area contributed by atoms with E-state index in [1.807, 2.05) is 4.90 Å². The molecule has 12 heteroatoms. The maximum absolute atomic E-state index is 13.6. The van der Waals surface area contributed by atoms with Gasteiger partial charge in [-0.15, -0.1) is 0 Å². The van der Waals surface area contributed by atoms with Gasteiger partial charge in [0, 0.05) is 38.2 Å². The fourth-order valence-corrected chi connectivity index (χ4v) is 6.20. The Morgan fingerprint density at radius 1 is 1.17 bits per heavy atom. The number of nitrogens with one attached hydrogen (secondary N) is 3. The Morgan fingerprint density at radius 3 is 2.47 bits per heavy atom. The van der Waals surface area contributed by atoms with Crippen molar-refractivity contribution in [1.82, 2.24) is 15.5 Å². The van der Waals surface area contributed by atoms with Gasteiger partial charge in [0.25, 0.3) is 17.7 Å². The van der Waals surface area contributed by atoms with Gasteiger partial charge in [-0.05, 0) is 49.0 Å². The van der Waals surface area contributed by atoms with Crippen LogP contribution in [0.4, 0.5) is 18.9 Å². The highest BCUT2D eigenvalue weighted by atomic mass is 35.5. The second-order valence-electron chi connectivity index (χ2n) is 10.1. The Hall–Kier alpha value is -3.08. The number of benzene rings is 1. The minimum Gasteiger partial charge on any atom is -0.362 e. The Balaban J connectivity index is 1.39. The van der Waals surface area contributed by atoms with Crippen LogP contribution in [0.25, 0.3) is 0 Å². The van der Waals surface area contributed by atoms with Crippen LogP contribution in [0.3, 0.4) is 0 Å². The first-order valence-corrected chi connectivity index (χ1v) is 12.0. The molecule has 2 saturated carbocycles. The molecule has 0 bridgehead atoms. The molecule has 0 spiro atoms. The van der Waals surface area contributed by atoms with Crippen LogP contribution in [0.2, 0.25) is 5.02 Å². The number of alkyl halides is 2. The molecule has 0 aromatic heterocycles. The van der Waals surface area contributed by atoms with Crippen LogP contribution in [0.1, 0.15) is 26.2 Å². The fraction of sp³-hybridized carbons (Fsp3) is 0.500. The van der Waals surface area contributed by atoms with Crippen molar-refractivity contribution in [3.63, 3.8) is 0 Å². The number of hydrogen-bond acceptors (Lipinski definition) is 5. The van der Waals surface area contributed by atoms with Gasteiger partial charge in [0.05, 0.1) is 10.9 Å². The van der Waals surface area contributed by atoms with Gasteiger partial charge in [-0.1, -0.05) is 11.6 Å². The third-order valence-electron chi connectivity index (χ3n) is 7.71. The number of anilines is 1. The highest BCUT2D eigenvalue weighted by Crippen LogP contribution is 2.57. The number of piperidine rings is 1. The summed E-state index contributed by atoms with van der Waals surface area (Å²) in [4.78, 5) is 53.7. The molecular weight excluding hydrogens is 501 g/mol. The standard InChI is InChI=1S/C24H24ClF3N4O4/c1-10-16(19(33)21(35)31-23(22(36)29-2)8-24(27,28)9-23)18-13-5-11(13)7-32(18)17(10)20(34)30-12-3-4-15(26)14(25)6-12/h3-4,6,11,13,16,18H,5,7-9H2,1-2H3,(H,29,36)(H,30,34)(H,31,35)/t11-,13-,16?,18?/m1/s1. The van der Waals surface area contributed by atoms with Crippen LogP contribution in [0.5, 0.6) is 0 Å². The lowest BCUT2D eigenvalue weighted by Gasteiger charge is -2.45. The molecular formula is C24H24ClF3N4O4. The second-order valence-corrected chi connectivity index (χ2v) is 10.5. The summed E-state index contributed by atoms with van der Waals surface area (Å²) in [5.74, 6) is -7.64. The van der Waals surface area contributed by atoms with Crippen molar-refractivity contribution in [3.05, 3.63) is 40.3 Å². The number of halogens is 4. The highest BCUT2D eigenvalue weighted by molar-refractivity contribution is 6.38. The molecule has 4 aliphatic rings. The second kappa shape index (κ2) is 8.22. The zero-order valence-electron chi connectivity index (χ0n) is 19.5. The molecule has 1 aromatic rings. The molecule has 0 radical (unpaired) electrons. The van der Waals surface area contributed by atoms with Gasteiger partial charge in [0.2, 0.25) is 11.7 Å². The number of Topliss-reactive ketones (excluding diaryl/α,β-unsaturated/α-hetero) is 1. The molecule has 3 fully saturated rings. The molecule has 192 valence electrons. The largest absolute Gasteiger partial charge is 0.362 e. The van der Waals surface area contributed by atoms with E-state index in [-0.39, 0.29) is 28.2 Å². The monoisotopic (exact) mass is 524 g/mol. The van der Waals surface area contributed by atoms with Crippen molar-refractivity contribution < 1.29 is 32.3 Å². The van der Waals surface area contributed by atoms with E-state index < -0.39 is 65.6 Å². The smallest absolute Gasteiger partial charge is 0.288 e. The maximum atomic E-state index is 13.6. The number of rotatable bonds is 6. The Labute approximate surface area is 209 Å². The summed E-state index contributed by atoms with van der Waals surface area (Å²) < 4.78 is 40.8. The summed E-state index contributed by atoms with van der Waals surface area (Å²) in [6, 6.07) is 3.32. The van der Waals surface area contributed by atoms with E-state index in [4.69, 9.17) is 11.6 Å². The zero-order chi connectivity index (χ0) is 26.2. The Morgan fingerprint density at radius 2 is 1.86 bits per heavy atom. The quantitative estimate of drug-likeness (QED) is 0.495. The fourth-order valence-electron chi connectivity index (χ4n) is 6.02. The van der Waals surface area contributed by atoms with Gasteiger partial charge < -0.3 is 20.9 Å². The van der Waals surface area contributed by atoms with E-state index in [0.29, 0.717) is 12.1 Å². The first kappa shape index (κ1) is 24.6. The molecule has 4 atom stereocenters. The Kier molecular flexibility index (Phi) is 5.62. The highest BCUT2D eigenvalue weighted by Gasteiger charge is 2.64. The summed E-state index contributed by atoms with van der Waals surface area (Å²) in [5.41, 5.74) is -0.974. The first-order chi connectivity index (χ1) is 16.9. The minimum absolute atomic E-state index is 0.119. The van der Waals surface area contributed by atoms with Crippen LogP contribution in [0, 0.1) is 23.6 Å². The van der Waals surface area contributed by atoms with E-state index in [0.717, 1.165) is 12.5 Å². The number of carbonyl (C=O) groups is 4. The van der Waals surface area contributed by atoms with Crippen LogP contribution in [0.15, 0.2) is 29.5 Å². The number of fused-ring (bicyclic) bond motifs is 3. The van der Waals surface area contributed by atoms with Gasteiger partial charge in [-0.3, -0.25) is 19.2 Å². The predicted molar refractivity (Wildman–Crippen MR) is 122 cm³/mol. The lowest BCUT2D eigenvalue weighted by atomic mass is 9.72. The molecule has 3 N–H and O–H groups in total. The normalized spacial score (nSPS) is 28.6. The summed E-state index contributed by atoms with van der Waals surface area (Å²) in [6.07, 6.45) is -0.935. The minimum atomic E-state index is -3.12. The van der Waals surface area contributed by atoms with E-state index in [2.05, 4.69) is 16.0 Å². The van der Waals surface area contributed by atoms with Crippen molar-refractivity contribution in [1.29, 1.82) is 0 Å². The van der Waals surface area contributed by atoms with E-state index >= 15 is 0 Å². The third kappa shape index (κ3) is 3.84. The van der Waals surface area contributed by atoms with Crippen molar-refractivity contribution in [3.8, 4) is 0 Å². The topological polar surface area (TPSA) is 108 Å². The van der Waals surface area contributed by atoms with Crippen molar-refractivity contribution >= 4 is 40.8 Å². The van der Waals surface area contributed by atoms with Gasteiger partial charge in [0.15, 0.2) is 0 Å². The molecule has 5 rings (SSSR count). The summed E-state index contributed by atoms with van der Waals surface area (Å²) in [5, 5.41) is 7.03. The van der Waals surface area contributed by atoms with Crippen molar-refractivity contribution in [2.24, 2.45) is 17.8 Å². The molecule has 3 amide bonds. The predicted octanol–water partition coefficient (Wildman–Crippen LogP) is 2.24. The number of amides is 3. The number of nitrogens with zero attached hydrogens (tertiary/aromatic N) is 1. The van der Waals surface area contributed by atoms with E-state index in [1.54, 1.807) is 6.92 Å². The van der Waals surface area contributed by atoms with Crippen LogP contribution in [-0.2, 0) is 19.2 Å². The van der Waals surface area contributed by atoms with E-state index in [9.17, 15) is 32.3 Å². The van der Waals surface area contributed by atoms with Gasteiger partial charge in [-0.2, -0.15) is 0 Å². The van der Waals surface area contributed by atoms with Gasteiger partial charge >= 0.3 is 0 Å². The van der Waals surface area contributed by atoms with Crippen LogP contribution < -0.4 is 16.0 Å². The van der Waals surface area contributed by atoms with E-state index in [1.165, 1.54) is 19.2 Å². The SMILES string of the molecule is CNC(=O)C1(NC(=O)C(=O)C2C(C)=C(C(=O)Nc3ccc(F)c(Cl)c3)N3C[C@H]4C[C@H]4C23)CC(F)(F)C1. The third-order valence-corrected chi connectivity index (χ3v) is 8.00. The molecule has 1 aromatic carbocycles. The number of likely N-dealkylation sites (N-methyl/N-ethyl adjacent to an activating group) is 1. The lowest BCUT2D eigenvalue weighted by Crippen LogP contribution is -2.70. The van der Waals surface area contributed by atoms with Crippen LogP contribution in [-0.4, -0.2) is 59.5 Å². The molecule has 2 heterocycles. The summed E-state index contributed by atoms with van der Waals surface area (Å²) in [7, 11) is 1.27. The molecule has 2 unspecified atom stereocenters. The van der Waals surface area contributed by atoms with Gasteiger partial charge in [0.1, 0.15) is 17.1 Å².